The number of hydrogen-bond acceptors (Lipinski definition) is 3. The molecule has 3 heteroatoms. The first-order chi connectivity index (χ1) is 5.24. The molecule has 1 unspecified atom stereocenters. The van der Waals surface area contributed by atoms with E-state index in [1.165, 1.54) is 0 Å². The largest absolute Gasteiger partial charge is 0.313 e. The normalized spacial score (nSPS) is 13.0. The molecule has 1 N–H and O–H groups in total. The van der Waals surface area contributed by atoms with Crippen LogP contribution in [0.4, 0.5) is 0 Å². The third kappa shape index (κ3) is 1.98. The average Bonchev–Trinajstić information content (AvgIpc) is 2.05. The predicted octanol–water partition coefficient (Wildman–Crippen LogP) is 1.07. The van der Waals surface area contributed by atoms with E-state index >= 15 is 0 Å². The second-order valence-corrected chi connectivity index (χ2v) is 2.57. The van der Waals surface area contributed by atoms with Crippen LogP contribution in [0.1, 0.15) is 24.4 Å². The quantitative estimate of drug-likeness (QED) is 0.687. The molecule has 0 amide bonds. The van der Waals surface area contributed by atoms with Gasteiger partial charge < -0.3 is 5.32 Å². The summed E-state index contributed by atoms with van der Waals surface area (Å²) in [5.41, 5.74) is 1.12. The van der Waals surface area contributed by atoms with Crippen LogP contribution in [0.3, 0.4) is 0 Å². The SMILES string of the molecule is CNC(C)c1cnc(C)nc1. The van der Waals surface area contributed by atoms with Crippen LogP contribution in [0.2, 0.25) is 0 Å². The molecule has 1 atom stereocenters. The van der Waals surface area contributed by atoms with E-state index in [1.54, 1.807) is 0 Å². The maximum Gasteiger partial charge on any atom is 0.125 e. The molecule has 1 rings (SSSR count). The van der Waals surface area contributed by atoms with Crippen LogP contribution in [0.25, 0.3) is 0 Å². The highest BCUT2D eigenvalue weighted by molar-refractivity contribution is 5.09. The Morgan fingerprint density at radius 2 is 1.91 bits per heavy atom. The summed E-state index contributed by atoms with van der Waals surface area (Å²) in [6.07, 6.45) is 3.70. The van der Waals surface area contributed by atoms with Crippen molar-refractivity contribution in [1.29, 1.82) is 0 Å². The first-order valence-electron chi connectivity index (χ1n) is 3.70. The smallest absolute Gasteiger partial charge is 0.125 e. The van der Waals surface area contributed by atoms with E-state index in [1.807, 2.05) is 26.4 Å². The van der Waals surface area contributed by atoms with Gasteiger partial charge in [0, 0.05) is 24.0 Å². The van der Waals surface area contributed by atoms with E-state index in [-0.39, 0.29) is 0 Å². The molecule has 0 aliphatic rings. The van der Waals surface area contributed by atoms with E-state index in [4.69, 9.17) is 0 Å². The van der Waals surface area contributed by atoms with Crippen LogP contribution in [0, 0.1) is 6.92 Å². The van der Waals surface area contributed by atoms with Crippen molar-refractivity contribution in [2.45, 2.75) is 19.9 Å². The van der Waals surface area contributed by atoms with Gasteiger partial charge in [-0.25, -0.2) is 9.97 Å². The highest BCUT2D eigenvalue weighted by Crippen LogP contribution is 2.07. The Balaban J connectivity index is 2.81. The van der Waals surface area contributed by atoms with Crippen molar-refractivity contribution in [3.8, 4) is 0 Å². The lowest BCUT2D eigenvalue weighted by Crippen LogP contribution is -2.12. The standard InChI is InChI=1S/C8H13N3/c1-6(9-3)8-4-10-7(2)11-5-8/h4-6,9H,1-3H3. The van der Waals surface area contributed by atoms with Crippen molar-refractivity contribution in [3.05, 3.63) is 23.8 Å². The zero-order chi connectivity index (χ0) is 8.27. The minimum atomic E-state index is 0.329. The molecule has 0 bridgehead atoms. The van der Waals surface area contributed by atoms with Gasteiger partial charge in [-0.15, -0.1) is 0 Å². The Morgan fingerprint density at radius 1 is 1.36 bits per heavy atom. The Kier molecular flexibility index (Phi) is 2.54. The van der Waals surface area contributed by atoms with Gasteiger partial charge in [0.05, 0.1) is 0 Å². The van der Waals surface area contributed by atoms with E-state index in [0.717, 1.165) is 11.4 Å². The summed E-state index contributed by atoms with van der Waals surface area (Å²) in [6.45, 7) is 3.96. The van der Waals surface area contributed by atoms with Gasteiger partial charge in [0.25, 0.3) is 0 Å². The molecule has 1 aromatic heterocycles. The highest BCUT2D eigenvalue weighted by atomic mass is 14.9. The maximum atomic E-state index is 4.10. The van der Waals surface area contributed by atoms with Crippen molar-refractivity contribution in [1.82, 2.24) is 15.3 Å². The Bertz CT molecular complexity index is 217. The van der Waals surface area contributed by atoms with E-state index < -0.39 is 0 Å². The summed E-state index contributed by atoms with van der Waals surface area (Å²) in [6, 6.07) is 0.329. The van der Waals surface area contributed by atoms with Crippen LogP contribution < -0.4 is 5.32 Å². The molecule has 11 heavy (non-hydrogen) atoms. The third-order valence-corrected chi connectivity index (χ3v) is 1.73. The second kappa shape index (κ2) is 3.44. The first kappa shape index (κ1) is 8.14. The number of nitrogens with one attached hydrogen (secondary N) is 1. The van der Waals surface area contributed by atoms with Gasteiger partial charge in [0.1, 0.15) is 5.82 Å². The van der Waals surface area contributed by atoms with Gasteiger partial charge in [-0.1, -0.05) is 0 Å². The lowest BCUT2D eigenvalue weighted by Gasteiger charge is -2.08. The summed E-state index contributed by atoms with van der Waals surface area (Å²) >= 11 is 0. The summed E-state index contributed by atoms with van der Waals surface area (Å²) in [7, 11) is 1.92. The van der Waals surface area contributed by atoms with Crippen LogP contribution in [-0.2, 0) is 0 Å². The molecule has 1 heterocycles. The second-order valence-electron chi connectivity index (χ2n) is 2.57. The van der Waals surface area contributed by atoms with Crippen LogP contribution in [-0.4, -0.2) is 17.0 Å². The van der Waals surface area contributed by atoms with Crippen LogP contribution in [0.15, 0.2) is 12.4 Å². The summed E-state index contributed by atoms with van der Waals surface area (Å²) in [5.74, 6) is 0.817. The molecule has 0 spiro atoms. The molecular formula is C8H13N3. The van der Waals surface area contributed by atoms with Crippen molar-refractivity contribution >= 4 is 0 Å². The molecular weight excluding hydrogens is 138 g/mol. The van der Waals surface area contributed by atoms with Crippen molar-refractivity contribution < 1.29 is 0 Å². The minimum absolute atomic E-state index is 0.329. The maximum absolute atomic E-state index is 4.10. The number of aryl methyl sites for hydroxylation is 1. The number of hydrogen-bond donors (Lipinski definition) is 1. The van der Waals surface area contributed by atoms with Crippen LogP contribution >= 0.6 is 0 Å². The van der Waals surface area contributed by atoms with Gasteiger partial charge >= 0.3 is 0 Å². The average molecular weight is 151 g/mol. The molecule has 3 nitrogen and oxygen atoms in total. The zero-order valence-electron chi connectivity index (χ0n) is 7.13. The molecule has 0 saturated carbocycles. The lowest BCUT2D eigenvalue weighted by molar-refractivity contribution is 0.645. The van der Waals surface area contributed by atoms with Crippen molar-refractivity contribution in [3.63, 3.8) is 0 Å². The predicted molar refractivity (Wildman–Crippen MR) is 44.2 cm³/mol. The van der Waals surface area contributed by atoms with E-state index in [2.05, 4.69) is 22.2 Å². The first-order valence-corrected chi connectivity index (χ1v) is 3.70. The van der Waals surface area contributed by atoms with Gasteiger partial charge in [-0.2, -0.15) is 0 Å². The van der Waals surface area contributed by atoms with Gasteiger partial charge in [0.2, 0.25) is 0 Å². The minimum Gasteiger partial charge on any atom is -0.313 e. The van der Waals surface area contributed by atoms with Gasteiger partial charge in [-0.3, -0.25) is 0 Å². The Morgan fingerprint density at radius 3 is 2.36 bits per heavy atom. The molecule has 60 valence electrons. The fraction of sp³-hybridized carbons (Fsp3) is 0.500. The zero-order valence-corrected chi connectivity index (χ0v) is 7.13. The van der Waals surface area contributed by atoms with E-state index in [0.29, 0.717) is 6.04 Å². The Hall–Kier alpha value is -0.960. The fourth-order valence-corrected chi connectivity index (χ4v) is 0.793. The number of nitrogens with zero attached hydrogens (tertiary/aromatic N) is 2. The third-order valence-electron chi connectivity index (χ3n) is 1.73. The molecule has 0 aliphatic heterocycles. The number of rotatable bonds is 2. The Labute approximate surface area is 66.9 Å². The lowest BCUT2D eigenvalue weighted by atomic mass is 10.2. The molecule has 0 saturated heterocycles. The van der Waals surface area contributed by atoms with Crippen molar-refractivity contribution in [2.75, 3.05) is 7.05 Å². The molecule has 0 radical (unpaired) electrons. The molecule has 0 aromatic carbocycles. The summed E-state index contributed by atoms with van der Waals surface area (Å²) in [5, 5.41) is 3.12. The summed E-state index contributed by atoms with van der Waals surface area (Å²) < 4.78 is 0. The molecule has 0 aliphatic carbocycles. The fourth-order valence-electron chi connectivity index (χ4n) is 0.793. The molecule has 1 aromatic rings. The topological polar surface area (TPSA) is 37.8 Å². The number of aromatic nitrogens is 2. The van der Waals surface area contributed by atoms with Crippen molar-refractivity contribution in [2.24, 2.45) is 0 Å². The van der Waals surface area contributed by atoms with Gasteiger partial charge in [-0.05, 0) is 20.9 Å². The van der Waals surface area contributed by atoms with Gasteiger partial charge in [0.15, 0.2) is 0 Å². The molecule has 0 fully saturated rings. The van der Waals surface area contributed by atoms with E-state index in [9.17, 15) is 0 Å². The summed E-state index contributed by atoms with van der Waals surface area (Å²) in [4.78, 5) is 8.19. The monoisotopic (exact) mass is 151 g/mol. The highest BCUT2D eigenvalue weighted by Gasteiger charge is 2.01. The van der Waals surface area contributed by atoms with Crippen LogP contribution in [0.5, 0.6) is 0 Å².